The fourth-order valence-corrected chi connectivity index (χ4v) is 3.50. The van der Waals surface area contributed by atoms with Crippen LogP contribution in [0.5, 0.6) is 17.2 Å². The van der Waals surface area contributed by atoms with Gasteiger partial charge in [0.05, 0.1) is 25.2 Å². The maximum absolute atomic E-state index is 13.3. The van der Waals surface area contributed by atoms with Gasteiger partial charge in [0.25, 0.3) is 0 Å². The van der Waals surface area contributed by atoms with E-state index in [9.17, 15) is 9.59 Å². The van der Waals surface area contributed by atoms with Crippen molar-refractivity contribution in [2.24, 2.45) is 0 Å². The van der Waals surface area contributed by atoms with Crippen LogP contribution in [0.1, 0.15) is 15.9 Å². The van der Waals surface area contributed by atoms with Crippen LogP contribution in [0.15, 0.2) is 69.9 Å². The minimum atomic E-state index is -0.729. The van der Waals surface area contributed by atoms with Crippen LogP contribution in [0.3, 0.4) is 0 Å². The standard InChI is InChI=1S/C25H19ClO6/c1-14-7-9-18-20(11-14)31-23(15-8-10-19(29-2)21(13-15)30-3)24(22(18)27)32-25(28)16-5-4-6-17(26)12-16/h4-13H,1-3H3. The number of halogens is 1. The van der Waals surface area contributed by atoms with Crippen molar-refractivity contribution in [2.75, 3.05) is 14.2 Å². The highest BCUT2D eigenvalue weighted by molar-refractivity contribution is 6.30. The molecule has 0 amide bonds. The first kappa shape index (κ1) is 21.5. The van der Waals surface area contributed by atoms with Crippen molar-refractivity contribution in [1.82, 2.24) is 0 Å². The van der Waals surface area contributed by atoms with Gasteiger partial charge in [0.1, 0.15) is 5.58 Å². The molecule has 0 aliphatic carbocycles. The van der Waals surface area contributed by atoms with Crippen molar-refractivity contribution >= 4 is 28.5 Å². The van der Waals surface area contributed by atoms with Crippen LogP contribution in [0.25, 0.3) is 22.3 Å². The lowest BCUT2D eigenvalue weighted by Crippen LogP contribution is -2.16. The molecule has 0 atom stereocenters. The molecule has 0 spiro atoms. The van der Waals surface area contributed by atoms with Crippen molar-refractivity contribution in [1.29, 1.82) is 0 Å². The lowest BCUT2D eigenvalue weighted by atomic mass is 10.1. The molecule has 1 heterocycles. The molecule has 6 nitrogen and oxygen atoms in total. The summed E-state index contributed by atoms with van der Waals surface area (Å²) in [5.74, 6) is 0.0905. The number of fused-ring (bicyclic) bond motifs is 1. The first-order valence-electron chi connectivity index (χ1n) is 9.69. The van der Waals surface area contributed by atoms with Crippen molar-refractivity contribution in [3.63, 3.8) is 0 Å². The summed E-state index contributed by atoms with van der Waals surface area (Å²) in [6.07, 6.45) is 0. The predicted molar refractivity (Wildman–Crippen MR) is 122 cm³/mol. The van der Waals surface area contributed by atoms with Gasteiger partial charge in [-0.05, 0) is 61.0 Å². The van der Waals surface area contributed by atoms with Crippen LogP contribution in [0.4, 0.5) is 0 Å². The van der Waals surface area contributed by atoms with Crippen LogP contribution in [0.2, 0.25) is 5.02 Å². The summed E-state index contributed by atoms with van der Waals surface area (Å²) in [6.45, 7) is 1.89. The second-order valence-electron chi connectivity index (χ2n) is 7.06. The summed E-state index contributed by atoms with van der Waals surface area (Å²) in [5.41, 5.74) is 1.52. The molecule has 4 rings (SSSR count). The highest BCUT2D eigenvalue weighted by Gasteiger charge is 2.22. The minimum absolute atomic E-state index is 0.101. The van der Waals surface area contributed by atoms with Crippen LogP contribution in [0, 0.1) is 6.92 Å². The summed E-state index contributed by atoms with van der Waals surface area (Å²) in [6, 6.07) is 16.5. The molecule has 7 heteroatoms. The van der Waals surface area contributed by atoms with Gasteiger partial charge in [-0.15, -0.1) is 0 Å². The summed E-state index contributed by atoms with van der Waals surface area (Å²) < 4.78 is 22.3. The highest BCUT2D eigenvalue weighted by atomic mass is 35.5. The van der Waals surface area contributed by atoms with Crippen molar-refractivity contribution < 1.29 is 23.4 Å². The number of carbonyl (C=O) groups excluding carboxylic acids is 1. The largest absolute Gasteiger partial charge is 0.493 e. The Balaban J connectivity index is 1.92. The van der Waals surface area contributed by atoms with Crippen LogP contribution in [-0.2, 0) is 0 Å². The zero-order chi connectivity index (χ0) is 22.8. The number of benzene rings is 3. The molecule has 0 bridgehead atoms. The molecule has 3 aromatic carbocycles. The average Bonchev–Trinajstić information content (AvgIpc) is 2.80. The van der Waals surface area contributed by atoms with Gasteiger partial charge in [-0.2, -0.15) is 0 Å². The molecule has 4 aromatic rings. The third-order valence-corrected chi connectivity index (χ3v) is 5.14. The van der Waals surface area contributed by atoms with E-state index in [0.29, 0.717) is 33.1 Å². The number of carbonyl (C=O) groups is 1. The number of hydrogen-bond donors (Lipinski definition) is 0. The van der Waals surface area contributed by atoms with Crippen LogP contribution in [-0.4, -0.2) is 20.2 Å². The molecule has 0 N–H and O–H groups in total. The van der Waals surface area contributed by atoms with E-state index in [0.717, 1.165) is 5.56 Å². The van der Waals surface area contributed by atoms with E-state index in [2.05, 4.69) is 0 Å². The average molecular weight is 451 g/mol. The van der Waals surface area contributed by atoms with E-state index in [1.54, 1.807) is 54.6 Å². The maximum atomic E-state index is 13.3. The Bertz CT molecular complexity index is 1390. The van der Waals surface area contributed by atoms with Gasteiger partial charge < -0.3 is 18.6 Å². The predicted octanol–water partition coefficient (Wildman–Crippen LogP) is 5.66. The van der Waals surface area contributed by atoms with Gasteiger partial charge in [0.2, 0.25) is 11.2 Å². The van der Waals surface area contributed by atoms with E-state index >= 15 is 0 Å². The van der Waals surface area contributed by atoms with E-state index in [1.165, 1.54) is 20.3 Å². The van der Waals surface area contributed by atoms with Gasteiger partial charge in [-0.25, -0.2) is 4.79 Å². The fourth-order valence-electron chi connectivity index (χ4n) is 3.31. The molecular formula is C25H19ClO6. The maximum Gasteiger partial charge on any atom is 0.343 e. The molecule has 32 heavy (non-hydrogen) atoms. The Morgan fingerprint density at radius 2 is 1.72 bits per heavy atom. The number of hydrogen-bond acceptors (Lipinski definition) is 6. The monoisotopic (exact) mass is 450 g/mol. The minimum Gasteiger partial charge on any atom is -0.493 e. The molecule has 0 saturated carbocycles. The number of methoxy groups -OCH3 is 2. The molecule has 0 unspecified atom stereocenters. The first-order valence-corrected chi connectivity index (χ1v) is 10.1. The van der Waals surface area contributed by atoms with Crippen LogP contribution >= 0.6 is 11.6 Å². The second kappa shape index (κ2) is 8.77. The van der Waals surface area contributed by atoms with Crippen LogP contribution < -0.4 is 19.6 Å². The first-order chi connectivity index (χ1) is 15.4. The van der Waals surface area contributed by atoms with Crippen molar-refractivity contribution in [3.8, 4) is 28.6 Å². The van der Waals surface area contributed by atoms with Gasteiger partial charge >= 0.3 is 5.97 Å². The molecule has 0 aliphatic rings. The summed E-state index contributed by atoms with van der Waals surface area (Å²) in [4.78, 5) is 26.1. The van der Waals surface area contributed by atoms with E-state index in [4.69, 9.17) is 30.2 Å². The van der Waals surface area contributed by atoms with Gasteiger partial charge in [-0.1, -0.05) is 23.7 Å². The Hall–Kier alpha value is -3.77. The molecule has 162 valence electrons. The molecular weight excluding hydrogens is 432 g/mol. The SMILES string of the molecule is COc1ccc(-c2oc3cc(C)ccc3c(=O)c2OC(=O)c2cccc(Cl)c2)cc1OC. The smallest absolute Gasteiger partial charge is 0.343 e. The molecule has 0 radical (unpaired) electrons. The van der Waals surface area contributed by atoms with E-state index in [1.807, 2.05) is 6.92 Å². The molecule has 0 aliphatic heterocycles. The molecule has 1 aromatic heterocycles. The Kier molecular flexibility index (Phi) is 5.88. The Labute approximate surface area is 188 Å². The number of ether oxygens (including phenoxy) is 3. The van der Waals surface area contributed by atoms with Gasteiger partial charge in [0.15, 0.2) is 17.3 Å². The normalized spacial score (nSPS) is 10.8. The Morgan fingerprint density at radius 3 is 2.44 bits per heavy atom. The van der Waals surface area contributed by atoms with E-state index in [-0.39, 0.29) is 17.1 Å². The quantitative estimate of drug-likeness (QED) is 0.365. The number of rotatable bonds is 5. The topological polar surface area (TPSA) is 75.0 Å². The summed E-state index contributed by atoms with van der Waals surface area (Å²) in [5, 5.41) is 0.675. The zero-order valence-corrected chi connectivity index (χ0v) is 18.4. The molecule has 0 fully saturated rings. The van der Waals surface area contributed by atoms with Crippen molar-refractivity contribution in [3.05, 3.63) is 87.0 Å². The number of aryl methyl sites for hydroxylation is 1. The summed E-state index contributed by atoms with van der Waals surface area (Å²) >= 11 is 5.99. The lowest BCUT2D eigenvalue weighted by Gasteiger charge is -2.13. The van der Waals surface area contributed by atoms with E-state index < -0.39 is 11.4 Å². The Morgan fingerprint density at radius 1 is 0.938 bits per heavy atom. The third kappa shape index (κ3) is 4.05. The second-order valence-corrected chi connectivity index (χ2v) is 7.50. The van der Waals surface area contributed by atoms with Crippen molar-refractivity contribution in [2.45, 2.75) is 6.92 Å². The zero-order valence-electron chi connectivity index (χ0n) is 17.6. The molecule has 0 saturated heterocycles. The van der Waals surface area contributed by atoms with Gasteiger partial charge in [-0.3, -0.25) is 4.79 Å². The summed E-state index contributed by atoms with van der Waals surface area (Å²) in [7, 11) is 3.02. The third-order valence-electron chi connectivity index (χ3n) is 4.91. The highest BCUT2D eigenvalue weighted by Crippen LogP contribution is 2.37. The number of esters is 1. The lowest BCUT2D eigenvalue weighted by molar-refractivity contribution is 0.0731. The fraction of sp³-hybridized carbons (Fsp3) is 0.120. The van der Waals surface area contributed by atoms with Gasteiger partial charge in [0, 0.05) is 10.6 Å².